The third-order valence-corrected chi connectivity index (χ3v) is 6.24. The molecule has 4 aromatic rings. The number of benzene rings is 2. The smallest absolute Gasteiger partial charge is 0.347 e. The Bertz CT molecular complexity index is 1310. The van der Waals surface area contributed by atoms with Gasteiger partial charge in [0, 0.05) is 36.8 Å². The van der Waals surface area contributed by atoms with Crippen LogP contribution < -0.4 is 10.5 Å². The molecule has 4 heterocycles. The normalized spacial score (nSPS) is 16.0. The lowest BCUT2D eigenvalue weighted by Crippen LogP contribution is -2.34. The van der Waals surface area contributed by atoms with Crippen LogP contribution in [0.4, 0.5) is 5.69 Å². The molecule has 0 saturated heterocycles. The van der Waals surface area contributed by atoms with Crippen LogP contribution in [0.3, 0.4) is 0 Å². The predicted molar refractivity (Wildman–Crippen MR) is 111 cm³/mol. The second-order valence-electron chi connectivity index (χ2n) is 7.91. The Morgan fingerprint density at radius 2 is 1.89 bits per heavy atom. The van der Waals surface area contributed by atoms with Crippen molar-refractivity contribution in [2.45, 2.75) is 25.7 Å². The van der Waals surface area contributed by atoms with Crippen molar-refractivity contribution in [3.8, 4) is 11.4 Å². The summed E-state index contributed by atoms with van der Waals surface area (Å²) in [6.07, 6.45) is 4.37. The van der Waals surface area contributed by atoms with Gasteiger partial charge in [-0.1, -0.05) is 12.1 Å². The minimum absolute atomic E-state index is 0.310. The first kappa shape index (κ1) is 15.9. The first-order valence-electron chi connectivity index (χ1n) is 10.00. The molecule has 2 aliphatic rings. The largest absolute Gasteiger partial charge is 0.422 e. The number of para-hydroxylation sites is 2. The van der Waals surface area contributed by atoms with E-state index >= 15 is 0 Å². The maximum Gasteiger partial charge on any atom is 0.347 e. The average molecular weight is 371 g/mol. The van der Waals surface area contributed by atoms with Gasteiger partial charge in [-0.25, -0.2) is 9.78 Å². The highest BCUT2D eigenvalue weighted by Gasteiger charge is 2.27. The molecule has 0 atom stereocenters. The standard InChI is InChI=1S/C23H21N3O2/c1-25-19-9-3-2-8-18(19)24-22(25)17-13-15-12-14-6-4-10-26-11-5-7-16(20(14)26)21(15)28-23(17)27/h2-3,8-9,12-13H,4-7,10-11H2,1H3. The molecule has 5 heteroatoms. The lowest BCUT2D eigenvalue weighted by Gasteiger charge is -2.37. The summed E-state index contributed by atoms with van der Waals surface area (Å²) in [6, 6.07) is 12.1. The summed E-state index contributed by atoms with van der Waals surface area (Å²) in [6.45, 7) is 2.21. The number of hydrogen-bond donors (Lipinski definition) is 0. The van der Waals surface area contributed by atoms with Crippen LogP contribution in [0.25, 0.3) is 33.4 Å². The van der Waals surface area contributed by atoms with Gasteiger partial charge in [-0.15, -0.1) is 0 Å². The highest BCUT2D eigenvalue weighted by Crippen LogP contribution is 2.40. The maximum absolute atomic E-state index is 13.0. The van der Waals surface area contributed by atoms with Gasteiger partial charge in [0.05, 0.1) is 11.0 Å². The highest BCUT2D eigenvalue weighted by atomic mass is 16.4. The molecular formula is C23H21N3O2. The molecule has 2 aromatic heterocycles. The number of fused-ring (bicyclic) bond motifs is 3. The molecule has 0 saturated carbocycles. The molecule has 140 valence electrons. The molecule has 0 N–H and O–H groups in total. The Morgan fingerprint density at radius 3 is 2.75 bits per heavy atom. The van der Waals surface area contributed by atoms with Gasteiger partial charge in [0.1, 0.15) is 17.0 Å². The molecule has 5 nitrogen and oxygen atoms in total. The molecule has 28 heavy (non-hydrogen) atoms. The van der Waals surface area contributed by atoms with Gasteiger partial charge in [-0.05, 0) is 55.5 Å². The summed E-state index contributed by atoms with van der Waals surface area (Å²) in [4.78, 5) is 20.1. The van der Waals surface area contributed by atoms with E-state index in [9.17, 15) is 4.79 Å². The van der Waals surface area contributed by atoms with Crippen molar-refractivity contribution in [2.24, 2.45) is 7.05 Å². The van der Waals surface area contributed by atoms with Crippen molar-refractivity contribution in [3.05, 3.63) is 57.9 Å². The summed E-state index contributed by atoms with van der Waals surface area (Å²) < 4.78 is 7.90. The quantitative estimate of drug-likeness (QED) is 0.474. The van der Waals surface area contributed by atoms with Crippen molar-refractivity contribution in [1.82, 2.24) is 9.55 Å². The topological polar surface area (TPSA) is 51.3 Å². The molecule has 0 amide bonds. The molecule has 2 aliphatic heterocycles. The van der Waals surface area contributed by atoms with Gasteiger partial charge in [-0.2, -0.15) is 0 Å². The zero-order valence-electron chi connectivity index (χ0n) is 15.9. The third-order valence-electron chi connectivity index (χ3n) is 6.24. The van der Waals surface area contributed by atoms with Gasteiger partial charge in [-0.3, -0.25) is 0 Å². The average Bonchev–Trinajstić information content (AvgIpc) is 3.05. The van der Waals surface area contributed by atoms with E-state index in [0.717, 1.165) is 54.4 Å². The van der Waals surface area contributed by atoms with Crippen LogP contribution in [0.5, 0.6) is 0 Å². The van der Waals surface area contributed by atoms with Gasteiger partial charge in [0.25, 0.3) is 0 Å². The van der Waals surface area contributed by atoms with Gasteiger partial charge < -0.3 is 13.9 Å². The minimum Gasteiger partial charge on any atom is -0.422 e. The molecule has 6 rings (SSSR count). The summed E-state index contributed by atoms with van der Waals surface area (Å²) in [7, 11) is 1.95. The van der Waals surface area contributed by atoms with Crippen LogP contribution in [0, 0.1) is 0 Å². The van der Waals surface area contributed by atoms with Crippen molar-refractivity contribution >= 4 is 27.7 Å². The van der Waals surface area contributed by atoms with E-state index in [1.807, 2.05) is 41.9 Å². The molecule has 0 bridgehead atoms. The Kier molecular flexibility index (Phi) is 3.25. The maximum atomic E-state index is 13.0. The van der Waals surface area contributed by atoms with Crippen molar-refractivity contribution in [3.63, 3.8) is 0 Å². The Balaban J connectivity index is 1.63. The van der Waals surface area contributed by atoms with Gasteiger partial charge in [0.15, 0.2) is 0 Å². The van der Waals surface area contributed by atoms with Crippen LogP contribution in [-0.4, -0.2) is 22.6 Å². The van der Waals surface area contributed by atoms with E-state index in [1.165, 1.54) is 23.2 Å². The van der Waals surface area contributed by atoms with E-state index < -0.39 is 0 Å². The molecule has 0 unspecified atom stereocenters. The van der Waals surface area contributed by atoms with Crippen LogP contribution >= 0.6 is 0 Å². The van der Waals surface area contributed by atoms with Crippen LogP contribution in [-0.2, 0) is 19.9 Å². The Morgan fingerprint density at radius 1 is 1.07 bits per heavy atom. The lowest BCUT2D eigenvalue weighted by atomic mass is 9.90. The van der Waals surface area contributed by atoms with Gasteiger partial charge in [0.2, 0.25) is 0 Å². The van der Waals surface area contributed by atoms with E-state index in [2.05, 4.69) is 11.0 Å². The molecule has 0 fully saturated rings. The number of nitrogens with zero attached hydrogens (tertiary/aromatic N) is 3. The highest BCUT2D eigenvalue weighted by molar-refractivity contribution is 5.91. The van der Waals surface area contributed by atoms with Crippen molar-refractivity contribution in [1.29, 1.82) is 0 Å². The number of rotatable bonds is 1. The second-order valence-corrected chi connectivity index (χ2v) is 7.91. The Hall–Kier alpha value is -3.08. The zero-order valence-corrected chi connectivity index (χ0v) is 15.9. The summed E-state index contributed by atoms with van der Waals surface area (Å²) in [5.41, 5.74) is 6.80. The molecular weight excluding hydrogens is 350 g/mol. The first-order chi connectivity index (χ1) is 13.7. The second kappa shape index (κ2) is 5.71. The molecule has 0 aliphatic carbocycles. The number of anilines is 1. The van der Waals surface area contributed by atoms with Crippen LogP contribution in [0.1, 0.15) is 24.0 Å². The predicted octanol–water partition coefficient (Wildman–Crippen LogP) is 4.05. The fourth-order valence-corrected chi connectivity index (χ4v) is 4.99. The molecule has 0 spiro atoms. The van der Waals surface area contributed by atoms with Crippen molar-refractivity contribution in [2.75, 3.05) is 18.0 Å². The first-order valence-corrected chi connectivity index (χ1v) is 10.00. The number of aryl methyl sites for hydroxylation is 3. The van der Waals surface area contributed by atoms with Crippen LogP contribution in [0.15, 0.2) is 45.6 Å². The fraction of sp³-hybridized carbons (Fsp3) is 0.304. The summed E-state index contributed by atoms with van der Waals surface area (Å²) >= 11 is 0. The third kappa shape index (κ3) is 2.13. The number of aromatic nitrogens is 2. The minimum atomic E-state index is -0.310. The monoisotopic (exact) mass is 371 g/mol. The lowest BCUT2D eigenvalue weighted by molar-refractivity contribution is 0.551. The van der Waals surface area contributed by atoms with E-state index in [0.29, 0.717) is 11.4 Å². The van der Waals surface area contributed by atoms with E-state index in [-0.39, 0.29) is 5.63 Å². The van der Waals surface area contributed by atoms with E-state index in [4.69, 9.17) is 9.40 Å². The molecule has 2 aromatic carbocycles. The summed E-state index contributed by atoms with van der Waals surface area (Å²) in [5.74, 6) is 0.657. The SMILES string of the molecule is Cn1c(-c2cc3cc4c5c(c3oc2=O)CCCN5CCC4)nc2ccccc21. The number of imidazole rings is 1. The van der Waals surface area contributed by atoms with Gasteiger partial charge >= 0.3 is 5.63 Å². The molecule has 0 radical (unpaired) electrons. The van der Waals surface area contributed by atoms with E-state index in [1.54, 1.807) is 0 Å². The van der Waals surface area contributed by atoms with Crippen LogP contribution in [0.2, 0.25) is 0 Å². The Labute approximate surface area is 162 Å². The zero-order chi connectivity index (χ0) is 18.8. The summed E-state index contributed by atoms with van der Waals surface area (Å²) in [5, 5.41) is 1.01. The van der Waals surface area contributed by atoms with Crippen molar-refractivity contribution < 1.29 is 4.42 Å². The number of hydrogen-bond acceptors (Lipinski definition) is 4. The fourth-order valence-electron chi connectivity index (χ4n) is 4.99.